The molecule has 1 rings (SSSR count). The monoisotopic (exact) mass is 169 g/mol. The Labute approximate surface area is 70.3 Å². The van der Waals surface area contributed by atoms with Gasteiger partial charge in [0.2, 0.25) is 6.08 Å². The molecule has 0 aromatic heterocycles. The summed E-state index contributed by atoms with van der Waals surface area (Å²) < 4.78 is 0. The second kappa shape index (κ2) is 5.66. The van der Waals surface area contributed by atoms with Gasteiger partial charge < -0.3 is 0 Å². The van der Waals surface area contributed by atoms with Crippen molar-refractivity contribution in [1.82, 2.24) is 0 Å². The lowest BCUT2D eigenvalue weighted by Crippen LogP contribution is -1.66. The van der Waals surface area contributed by atoms with Crippen LogP contribution in [0.2, 0.25) is 5.02 Å². The van der Waals surface area contributed by atoms with Gasteiger partial charge in [-0.25, -0.2) is 10.2 Å². The largest absolute Gasteiger partial charge is 0.231 e. The quantitative estimate of drug-likeness (QED) is 0.471. The van der Waals surface area contributed by atoms with Gasteiger partial charge in [0, 0.05) is 5.02 Å². The number of carbonyl (C=O) groups excluding carboxylic acids is 1. The van der Waals surface area contributed by atoms with Crippen molar-refractivity contribution >= 4 is 17.7 Å². The number of hydrogen-bond donors (Lipinski definition) is 1. The van der Waals surface area contributed by atoms with Crippen LogP contribution in [0.15, 0.2) is 24.3 Å². The van der Waals surface area contributed by atoms with E-state index in [2.05, 4.69) is 0 Å². The lowest BCUT2D eigenvalue weighted by molar-refractivity contribution is 0.563. The molecule has 0 saturated heterocycles. The van der Waals surface area contributed by atoms with Gasteiger partial charge in [-0.2, -0.15) is 0 Å². The molecular weight excluding hydrogens is 162 g/mol. The van der Waals surface area contributed by atoms with E-state index in [9.17, 15) is 0 Å². The molecule has 0 aliphatic heterocycles. The molecule has 0 amide bonds. The fourth-order valence-electron chi connectivity index (χ4n) is 0.533. The second-order valence-electron chi connectivity index (χ2n) is 1.90. The number of nitrogens with one attached hydrogen (secondary N) is 1. The van der Waals surface area contributed by atoms with Gasteiger partial charge in [-0.3, -0.25) is 0 Å². The smallest absolute Gasteiger partial charge is 0.222 e. The Morgan fingerprint density at radius 1 is 1.36 bits per heavy atom. The Bertz CT molecular complexity index is 216. The number of aryl methyl sites for hydroxylation is 1. The van der Waals surface area contributed by atoms with Gasteiger partial charge >= 0.3 is 0 Å². The number of hydrogen-bond acceptors (Lipinski definition) is 2. The topological polar surface area (TPSA) is 40.9 Å². The Hall–Kier alpha value is -1.11. The zero-order valence-electron chi connectivity index (χ0n) is 6.10. The molecule has 0 aliphatic rings. The molecule has 0 bridgehead atoms. The summed E-state index contributed by atoms with van der Waals surface area (Å²) >= 11 is 5.61. The van der Waals surface area contributed by atoms with Crippen molar-refractivity contribution < 1.29 is 4.79 Å². The molecular formula is C8H8ClNO. The van der Waals surface area contributed by atoms with Crippen LogP contribution >= 0.6 is 11.6 Å². The first kappa shape index (κ1) is 9.89. The molecule has 1 aromatic carbocycles. The van der Waals surface area contributed by atoms with E-state index in [-0.39, 0.29) is 0 Å². The van der Waals surface area contributed by atoms with Gasteiger partial charge in [0.25, 0.3) is 0 Å². The van der Waals surface area contributed by atoms with Crippen LogP contribution in [0.5, 0.6) is 0 Å². The van der Waals surface area contributed by atoms with Crippen LogP contribution in [-0.4, -0.2) is 6.08 Å². The highest BCUT2D eigenvalue weighted by atomic mass is 35.5. The molecule has 0 saturated carbocycles. The van der Waals surface area contributed by atoms with Gasteiger partial charge in [0.1, 0.15) is 0 Å². The SMILES string of the molecule is Cc1ccc(Cl)cc1.N=C=O. The van der Waals surface area contributed by atoms with Crippen molar-refractivity contribution in [1.29, 1.82) is 5.41 Å². The fourth-order valence-corrected chi connectivity index (χ4v) is 0.659. The minimum atomic E-state index is 0.750. The van der Waals surface area contributed by atoms with Crippen molar-refractivity contribution in [2.75, 3.05) is 0 Å². The lowest BCUT2D eigenvalue weighted by Gasteiger charge is -1.88. The molecule has 58 valence electrons. The summed E-state index contributed by atoms with van der Waals surface area (Å²) in [6.07, 6.45) is 0.750. The number of benzene rings is 1. The van der Waals surface area contributed by atoms with Gasteiger partial charge in [0.05, 0.1) is 0 Å². The maximum atomic E-state index is 8.35. The van der Waals surface area contributed by atoms with Crippen LogP contribution in [0.25, 0.3) is 0 Å². The van der Waals surface area contributed by atoms with E-state index in [0.29, 0.717) is 0 Å². The fraction of sp³-hybridized carbons (Fsp3) is 0.125. The molecule has 2 nitrogen and oxygen atoms in total. The minimum Gasteiger partial charge on any atom is -0.222 e. The van der Waals surface area contributed by atoms with Crippen molar-refractivity contribution in [2.45, 2.75) is 6.92 Å². The standard InChI is InChI=1S/C7H7Cl.CHNO/c1-6-2-4-7(8)5-3-6;2-1-3/h2-5H,1H3;2H. The van der Waals surface area contributed by atoms with E-state index in [4.69, 9.17) is 21.8 Å². The number of rotatable bonds is 0. The van der Waals surface area contributed by atoms with Crippen LogP contribution in [0, 0.1) is 12.3 Å². The molecule has 1 N–H and O–H groups in total. The van der Waals surface area contributed by atoms with E-state index in [1.54, 1.807) is 0 Å². The van der Waals surface area contributed by atoms with Crippen LogP contribution in [-0.2, 0) is 4.79 Å². The average molecular weight is 170 g/mol. The summed E-state index contributed by atoms with van der Waals surface area (Å²) in [5, 5.41) is 6.20. The highest BCUT2D eigenvalue weighted by Gasteiger charge is 1.81. The summed E-state index contributed by atoms with van der Waals surface area (Å²) in [5.41, 5.74) is 1.24. The normalized spacial score (nSPS) is 7.45. The molecule has 0 unspecified atom stereocenters. The molecule has 0 heterocycles. The maximum absolute atomic E-state index is 8.35. The highest BCUT2D eigenvalue weighted by Crippen LogP contribution is 2.07. The Morgan fingerprint density at radius 2 is 1.73 bits per heavy atom. The molecule has 0 atom stereocenters. The van der Waals surface area contributed by atoms with Crippen LogP contribution in [0.1, 0.15) is 5.56 Å². The van der Waals surface area contributed by atoms with E-state index >= 15 is 0 Å². The van der Waals surface area contributed by atoms with Gasteiger partial charge in [0.15, 0.2) is 0 Å². The average Bonchev–Trinajstić information content (AvgIpc) is 1.97. The van der Waals surface area contributed by atoms with E-state index in [1.807, 2.05) is 31.2 Å². The zero-order chi connectivity index (χ0) is 8.69. The van der Waals surface area contributed by atoms with Gasteiger partial charge in [-0.05, 0) is 19.1 Å². The van der Waals surface area contributed by atoms with Crippen molar-refractivity contribution in [3.05, 3.63) is 34.9 Å². The predicted octanol–water partition coefficient (Wildman–Crippen LogP) is 2.55. The first-order chi connectivity index (χ1) is 5.20. The first-order valence-electron chi connectivity index (χ1n) is 2.96. The van der Waals surface area contributed by atoms with E-state index in [1.165, 1.54) is 5.56 Å². The van der Waals surface area contributed by atoms with E-state index in [0.717, 1.165) is 11.1 Å². The summed E-state index contributed by atoms with van der Waals surface area (Å²) in [7, 11) is 0. The Kier molecular flexibility index (Phi) is 5.09. The Balaban J connectivity index is 0.000000292. The molecule has 11 heavy (non-hydrogen) atoms. The number of halogens is 1. The van der Waals surface area contributed by atoms with Crippen molar-refractivity contribution in [3.8, 4) is 0 Å². The first-order valence-corrected chi connectivity index (χ1v) is 3.34. The summed E-state index contributed by atoms with van der Waals surface area (Å²) in [6.45, 7) is 2.04. The predicted molar refractivity (Wildman–Crippen MR) is 44.6 cm³/mol. The minimum absolute atomic E-state index is 0.750. The lowest BCUT2D eigenvalue weighted by atomic mass is 10.2. The van der Waals surface area contributed by atoms with Crippen LogP contribution in [0.3, 0.4) is 0 Å². The molecule has 3 heteroatoms. The second-order valence-corrected chi connectivity index (χ2v) is 2.33. The van der Waals surface area contributed by atoms with Gasteiger partial charge in [-0.1, -0.05) is 29.3 Å². The maximum Gasteiger partial charge on any atom is 0.231 e. The third-order valence-corrected chi connectivity index (χ3v) is 1.26. The van der Waals surface area contributed by atoms with Crippen LogP contribution in [0.4, 0.5) is 0 Å². The summed E-state index contributed by atoms with van der Waals surface area (Å²) in [4.78, 5) is 8.35. The summed E-state index contributed by atoms with van der Waals surface area (Å²) in [5.74, 6) is 0. The third kappa shape index (κ3) is 5.34. The number of isocyanates is 1. The third-order valence-electron chi connectivity index (χ3n) is 1.01. The highest BCUT2D eigenvalue weighted by molar-refractivity contribution is 6.30. The molecule has 0 aliphatic carbocycles. The summed E-state index contributed by atoms with van der Waals surface area (Å²) in [6, 6.07) is 7.75. The van der Waals surface area contributed by atoms with E-state index < -0.39 is 0 Å². The molecule has 0 radical (unpaired) electrons. The van der Waals surface area contributed by atoms with Crippen molar-refractivity contribution in [3.63, 3.8) is 0 Å². The Morgan fingerprint density at radius 3 is 2.00 bits per heavy atom. The molecule has 1 aromatic rings. The zero-order valence-corrected chi connectivity index (χ0v) is 6.85. The van der Waals surface area contributed by atoms with Crippen LogP contribution < -0.4 is 0 Å². The van der Waals surface area contributed by atoms with Gasteiger partial charge in [-0.15, -0.1) is 0 Å². The van der Waals surface area contributed by atoms with Crippen molar-refractivity contribution in [2.24, 2.45) is 0 Å². The molecule has 0 spiro atoms. The molecule has 0 fully saturated rings.